The van der Waals surface area contributed by atoms with Crippen LogP contribution < -0.4 is 0 Å². The van der Waals surface area contributed by atoms with Gasteiger partial charge >= 0.3 is 5.97 Å². The molecular weight excluding hydrogens is 262 g/mol. The Morgan fingerprint density at radius 3 is 2.95 bits per heavy atom. The fourth-order valence-corrected chi connectivity index (χ4v) is 3.62. The van der Waals surface area contributed by atoms with Crippen LogP contribution in [0.4, 0.5) is 0 Å². The lowest BCUT2D eigenvalue weighted by Crippen LogP contribution is -2.29. The van der Waals surface area contributed by atoms with E-state index in [0.29, 0.717) is 5.92 Å². The molecule has 0 bridgehead atoms. The van der Waals surface area contributed by atoms with Gasteiger partial charge in [0, 0.05) is 11.6 Å². The third kappa shape index (κ3) is 2.78. The molecule has 1 aliphatic rings. The monoisotopic (exact) mass is 283 g/mol. The molecule has 3 nitrogen and oxygen atoms in total. The highest BCUT2D eigenvalue weighted by atomic mass is 16.4. The quantitative estimate of drug-likeness (QED) is 0.917. The van der Waals surface area contributed by atoms with Crippen LogP contribution in [0, 0.1) is 11.8 Å². The van der Waals surface area contributed by atoms with Crippen molar-refractivity contribution >= 4 is 16.9 Å². The number of benzene rings is 1. The lowest BCUT2D eigenvalue weighted by atomic mass is 9.70. The van der Waals surface area contributed by atoms with Gasteiger partial charge in [0.25, 0.3) is 0 Å². The molecule has 110 valence electrons. The van der Waals surface area contributed by atoms with Crippen molar-refractivity contribution in [3.63, 3.8) is 0 Å². The maximum atomic E-state index is 11.6. The number of fused-ring (bicyclic) bond motifs is 1. The van der Waals surface area contributed by atoms with Gasteiger partial charge < -0.3 is 5.11 Å². The highest BCUT2D eigenvalue weighted by Crippen LogP contribution is 2.42. The molecule has 3 unspecified atom stereocenters. The Bertz CT molecular complexity index is 652. The zero-order chi connectivity index (χ0) is 14.8. The number of hydrogen-bond donors (Lipinski definition) is 1. The van der Waals surface area contributed by atoms with Gasteiger partial charge in [0.05, 0.1) is 11.4 Å². The van der Waals surface area contributed by atoms with E-state index in [1.807, 2.05) is 18.2 Å². The predicted octanol–water partition coefficient (Wildman–Crippen LogP) is 4.23. The number of pyridine rings is 1. The van der Waals surface area contributed by atoms with E-state index in [1.54, 1.807) is 6.20 Å². The van der Waals surface area contributed by atoms with Crippen molar-refractivity contribution in [2.24, 2.45) is 11.8 Å². The van der Waals surface area contributed by atoms with Crippen molar-refractivity contribution in [3.8, 4) is 0 Å². The summed E-state index contributed by atoms with van der Waals surface area (Å²) in [5.41, 5.74) is 2.12. The molecule has 1 N–H and O–H groups in total. The molecule has 1 aliphatic carbocycles. The topological polar surface area (TPSA) is 50.2 Å². The Kier molecular flexibility index (Phi) is 3.91. The lowest BCUT2D eigenvalue weighted by molar-refractivity contribution is -0.143. The van der Waals surface area contributed by atoms with Gasteiger partial charge in [-0.2, -0.15) is 0 Å². The van der Waals surface area contributed by atoms with E-state index in [2.05, 4.69) is 24.0 Å². The molecule has 3 heteroatoms. The van der Waals surface area contributed by atoms with Crippen LogP contribution >= 0.6 is 0 Å². The van der Waals surface area contributed by atoms with Crippen molar-refractivity contribution in [2.75, 3.05) is 0 Å². The average Bonchev–Trinajstić information content (AvgIpc) is 2.53. The Morgan fingerprint density at radius 1 is 1.33 bits per heavy atom. The first-order chi connectivity index (χ1) is 10.2. The molecule has 1 heterocycles. The average molecular weight is 283 g/mol. The number of aromatic nitrogens is 1. The van der Waals surface area contributed by atoms with E-state index >= 15 is 0 Å². The highest BCUT2D eigenvalue weighted by molar-refractivity contribution is 5.79. The van der Waals surface area contributed by atoms with Gasteiger partial charge in [-0.3, -0.25) is 9.78 Å². The van der Waals surface area contributed by atoms with Gasteiger partial charge in [-0.05, 0) is 54.9 Å². The number of carboxylic acid groups (broad SMARTS) is 1. The summed E-state index contributed by atoms with van der Waals surface area (Å²) < 4.78 is 0. The summed E-state index contributed by atoms with van der Waals surface area (Å²) in [6, 6.07) is 10.2. The van der Waals surface area contributed by atoms with Gasteiger partial charge in [-0.25, -0.2) is 0 Å². The Hall–Kier alpha value is -1.90. The molecule has 1 aromatic heterocycles. The summed E-state index contributed by atoms with van der Waals surface area (Å²) in [5, 5.41) is 10.6. The maximum absolute atomic E-state index is 11.6. The van der Waals surface area contributed by atoms with E-state index in [-0.39, 0.29) is 11.8 Å². The first kappa shape index (κ1) is 14.1. The van der Waals surface area contributed by atoms with Gasteiger partial charge in [-0.15, -0.1) is 0 Å². The van der Waals surface area contributed by atoms with Crippen LogP contribution in [0.15, 0.2) is 36.5 Å². The molecule has 0 amide bonds. The van der Waals surface area contributed by atoms with Crippen LogP contribution in [-0.4, -0.2) is 16.1 Å². The molecule has 3 atom stereocenters. The molecule has 1 saturated carbocycles. The number of nitrogens with zero attached hydrogens (tertiary/aromatic N) is 1. The Morgan fingerprint density at radius 2 is 2.19 bits per heavy atom. The zero-order valence-electron chi connectivity index (χ0n) is 12.3. The minimum Gasteiger partial charge on any atom is -0.481 e. The van der Waals surface area contributed by atoms with E-state index < -0.39 is 5.97 Å². The van der Waals surface area contributed by atoms with E-state index in [0.717, 1.165) is 42.1 Å². The van der Waals surface area contributed by atoms with E-state index in [4.69, 9.17) is 0 Å². The zero-order valence-corrected chi connectivity index (χ0v) is 12.3. The number of carboxylic acids is 1. The molecule has 0 radical (unpaired) electrons. The molecule has 2 aromatic rings. The second kappa shape index (κ2) is 5.84. The van der Waals surface area contributed by atoms with Crippen LogP contribution in [0.1, 0.15) is 44.1 Å². The van der Waals surface area contributed by atoms with Crippen LogP contribution in [0.3, 0.4) is 0 Å². The smallest absolute Gasteiger partial charge is 0.307 e. The molecule has 1 fully saturated rings. The summed E-state index contributed by atoms with van der Waals surface area (Å²) in [7, 11) is 0. The minimum absolute atomic E-state index is 0.130. The van der Waals surface area contributed by atoms with Crippen molar-refractivity contribution < 1.29 is 9.90 Å². The molecule has 0 spiro atoms. The van der Waals surface area contributed by atoms with Gasteiger partial charge in [0.15, 0.2) is 0 Å². The van der Waals surface area contributed by atoms with Crippen LogP contribution in [0.2, 0.25) is 0 Å². The molecule has 1 aromatic carbocycles. The second-order valence-corrected chi connectivity index (χ2v) is 6.09. The third-order valence-electron chi connectivity index (χ3n) is 4.91. The van der Waals surface area contributed by atoms with Gasteiger partial charge in [-0.1, -0.05) is 25.5 Å². The number of hydrogen-bond acceptors (Lipinski definition) is 2. The van der Waals surface area contributed by atoms with Gasteiger partial charge in [0.1, 0.15) is 0 Å². The SMILES string of the molecule is CCC1CCC(C(=O)O)C(c2ccc3ncccc3c2)C1. The molecular formula is C18H21NO2. The van der Waals surface area contributed by atoms with Crippen LogP contribution in [-0.2, 0) is 4.79 Å². The van der Waals surface area contributed by atoms with Crippen molar-refractivity contribution in [3.05, 3.63) is 42.1 Å². The highest BCUT2D eigenvalue weighted by Gasteiger charge is 2.35. The summed E-state index contributed by atoms with van der Waals surface area (Å²) in [5.74, 6) is -0.122. The van der Waals surface area contributed by atoms with Crippen molar-refractivity contribution in [2.45, 2.75) is 38.5 Å². The third-order valence-corrected chi connectivity index (χ3v) is 4.91. The predicted molar refractivity (Wildman–Crippen MR) is 83.2 cm³/mol. The molecule has 21 heavy (non-hydrogen) atoms. The fraction of sp³-hybridized carbons (Fsp3) is 0.444. The minimum atomic E-state index is -0.652. The maximum Gasteiger partial charge on any atom is 0.307 e. The van der Waals surface area contributed by atoms with E-state index in [1.165, 1.54) is 0 Å². The van der Waals surface area contributed by atoms with Gasteiger partial charge in [0.2, 0.25) is 0 Å². The molecule has 3 rings (SSSR count). The number of rotatable bonds is 3. The summed E-state index contributed by atoms with van der Waals surface area (Å²) in [4.78, 5) is 15.9. The Labute approximate surface area is 125 Å². The molecule has 0 aliphatic heterocycles. The fourth-order valence-electron chi connectivity index (χ4n) is 3.62. The normalized spacial score (nSPS) is 25.9. The summed E-state index contributed by atoms with van der Waals surface area (Å²) in [6.45, 7) is 2.20. The van der Waals surface area contributed by atoms with Crippen molar-refractivity contribution in [1.29, 1.82) is 0 Å². The Balaban J connectivity index is 1.97. The number of carbonyl (C=O) groups is 1. The lowest BCUT2D eigenvalue weighted by Gasteiger charge is -2.34. The second-order valence-electron chi connectivity index (χ2n) is 6.09. The van der Waals surface area contributed by atoms with E-state index in [9.17, 15) is 9.90 Å². The first-order valence-electron chi connectivity index (χ1n) is 7.76. The largest absolute Gasteiger partial charge is 0.481 e. The molecule has 0 saturated heterocycles. The van der Waals surface area contributed by atoms with Crippen LogP contribution in [0.5, 0.6) is 0 Å². The van der Waals surface area contributed by atoms with Crippen molar-refractivity contribution in [1.82, 2.24) is 4.98 Å². The van der Waals surface area contributed by atoms with Crippen LogP contribution in [0.25, 0.3) is 10.9 Å². The number of aliphatic carboxylic acids is 1. The summed E-state index contributed by atoms with van der Waals surface area (Å²) >= 11 is 0. The standard InChI is InChI=1S/C18H21NO2/c1-2-12-5-7-15(18(20)21)16(10-12)13-6-8-17-14(11-13)4-3-9-19-17/h3-4,6,8-9,11-12,15-16H,2,5,7,10H2,1H3,(H,20,21). The summed E-state index contributed by atoms with van der Waals surface area (Å²) in [6.07, 6.45) is 5.75. The first-order valence-corrected chi connectivity index (χ1v) is 7.76.